The van der Waals surface area contributed by atoms with E-state index in [0.29, 0.717) is 11.1 Å². The van der Waals surface area contributed by atoms with Crippen LogP contribution < -0.4 is 10.1 Å². The third kappa shape index (κ3) is 5.17. The maximum atomic E-state index is 13.3. The van der Waals surface area contributed by atoms with Crippen LogP contribution in [0.5, 0.6) is 5.75 Å². The van der Waals surface area contributed by atoms with Crippen molar-refractivity contribution in [2.75, 3.05) is 0 Å². The fourth-order valence-corrected chi connectivity index (χ4v) is 5.24. The summed E-state index contributed by atoms with van der Waals surface area (Å²) in [4.78, 5) is 23.7. The van der Waals surface area contributed by atoms with Crippen molar-refractivity contribution in [3.63, 3.8) is 0 Å². The van der Waals surface area contributed by atoms with E-state index in [4.69, 9.17) is 0 Å². The minimum absolute atomic E-state index is 0.103. The van der Waals surface area contributed by atoms with Crippen LogP contribution in [0.2, 0.25) is 0 Å². The number of thioether (sulfide) groups is 1. The van der Waals surface area contributed by atoms with E-state index in [1.165, 1.54) is 23.8 Å². The molecule has 0 radical (unpaired) electrons. The molecule has 1 fully saturated rings. The minimum atomic E-state index is -4.87. The molecule has 4 nitrogen and oxygen atoms in total. The number of aryl methyl sites for hydroxylation is 1. The zero-order valence-corrected chi connectivity index (χ0v) is 20.9. The number of nitrogens with one attached hydrogen (secondary N) is 1. The number of alkyl halides is 3. The molecule has 1 aliphatic heterocycles. The Morgan fingerprint density at radius 3 is 2.40 bits per heavy atom. The van der Waals surface area contributed by atoms with E-state index in [1.54, 1.807) is 6.07 Å². The van der Waals surface area contributed by atoms with Gasteiger partial charge in [-0.05, 0) is 94.1 Å². The van der Waals surface area contributed by atoms with Crippen LogP contribution in [0.25, 0.3) is 22.8 Å². The number of amides is 2. The summed E-state index contributed by atoms with van der Waals surface area (Å²) in [5, 5.41) is 1.69. The van der Waals surface area contributed by atoms with Crippen LogP contribution in [-0.4, -0.2) is 17.5 Å². The summed E-state index contributed by atoms with van der Waals surface area (Å²) < 4.78 is 44.2. The number of hydrogen-bond donors (Lipinski definition) is 1. The zero-order chi connectivity index (χ0) is 25.7. The molecule has 2 aliphatic rings. The average Bonchev–Trinajstić information content (AvgIpc) is 3.04. The lowest BCUT2D eigenvalue weighted by atomic mass is 9.70. The highest BCUT2D eigenvalue weighted by Gasteiger charge is 2.34. The Morgan fingerprint density at radius 1 is 1.09 bits per heavy atom. The van der Waals surface area contributed by atoms with Crippen molar-refractivity contribution in [3.8, 4) is 16.9 Å². The summed E-state index contributed by atoms with van der Waals surface area (Å²) in [6.07, 6.45) is -0.277. The molecule has 4 rings (SSSR count). The smallest absolute Gasteiger partial charge is 0.405 e. The summed E-state index contributed by atoms with van der Waals surface area (Å²) in [7, 11) is 0. The van der Waals surface area contributed by atoms with E-state index in [2.05, 4.69) is 49.9 Å². The van der Waals surface area contributed by atoms with Crippen molar-refractivity contribution in [2.45, 2.75) is 52.8 Å². The summed E-state index contributed by atoms with van der Waals surface area (Å²) in [5.74, 6) is -0.610. The third-order valence-corrected chi connectivity index (χ3v) is 7.13. The van der Waals surface area contributed by atoms with Gasteiger partial charge in [0.2, 0.25) is 0 Å². The molecule has 8 heteroatoms. The van der Waals surface area contributed by atoms with E-state index in [-0.39, 0.29) is 27.6 Å². The largest absolute Gasteiger partial charge is 0.573 e. The van der Waals surface area contributed by atoms with Crippen molar-refractivity contribution in [2.24, 2.45) is 5.92 Å². The Labute approximate surface area is 206 Å². The van der Waals surface area contributed by atoms with Crippen molar-refractivity contribution in [3.05, 3.63) is 63.6 Å². The van der Waals surface area contributed by atoms with Crippen LogP contribution in [-0.2, 0) is 10.2 Å². The molecular formula is C27H26F3NO3S. The molecule has 2 aromatic rings. The predicted molar refractivity (Wildman–Crippen MR) is 133 cm³/mol. The Bertz CT molecular complexity index is 1290. The number of halogens is 3. The van der Waals surface area contributed by atoms with Gasteiger partial charge in [0, 0.05) is 5.56 Å². The van der Waals surface area contributed by atoms with Gasteiger partial charge in [-0.15, -0.1) is 13.2 Å². The van der Waals surface area contributed by atoms with Gasteiger partial charge in [0.05, 0.1) is 4.91 Å². The molecular weight excluding hydrogens is 475 g/mol. The van der Waals surface area contributed by atoms with Crippen LogP contribution in [0.1, 0.15) is 56.4 Å². The van der Waals surface area contributed by atoms with Crippen LogP contribution >= 0.6 is 11.8 Å². The molecule has 1 heterocycles. The lowest BCUT2D eigenvalue weighted by Crippen LogP contribution is -2.23. The third-order valence-electron chi connectivity index (χ3n) is 6.32. The van der Waals surface area contributed by atoms with E-state index in [0.717, 1.165) is 34.9 Å². The quantitative estimate of drug-likeness (QED) is 0.438. The molecule has 0 spiro atoms. The zero-order valence-electron chi connectivity index (χ0n) is 20.1. The Balaban J connectivity index is 1.92. The van der Waals surface area contributed by atoms with E-state index in [1.807, 2.05) is 13.0 Å². The number of fused-ring (bicyclic) bond motifs is 1. The number of rotatable bonds is 4. The molecule has 0 bridgehead atoms. The molecule has 0 unspecified atom stereocenters. The molecule has 35 heavy (non-hydrogen) atoms. The molecule has 184 valence electrons. The van der Waals surface area contributed by atoms with Gasteiger partial charge < -0.3 is 4.74 Å². The number of imide groups is 1. The highest BCUT2D eigenvalue weighted by Crippen LogP contribution is 2.46. The number of carbonyl (C=O) groups is 2. The molecule has 0 saturated carbocycles. The minimum Gasteiger partial charge on any atom is -0.405 e. The Morgan fingerprint density at radius 2 is 1.80 bits per heavy atom. The number of ether oxygens (including phenoxy) is 1. The maximum Gasteiger partial charge on any atom is 0.573 e. The Hall–Kier alpha value is -3.00. The van der Waals surface area contributed by atoms with Crippen LogP contribution in [0.15, 0.2) is 41.3 Å². The molecule has 2 amide bonds. The van der Waals surface area contributed by atoms with Gasteiger partial charge in [0.1, 0.15) is 5.75 Å². The number of carbonyl (C=O) groups excluding carboxylic acids is 2. The first-order chi connectivity index (χ1) is 16.2. The second-order valence-corrected chi connectivity index (χ2v) is 10.8. The first-order valence-electron chi connectivity index (χ1n) is 11.3. The molecule has 1 saturated heterocycles. The van der Waals surface area contributed by atoms with Gasteiger partial charge >= 0.3 is 6.36 Å². The van der Waals surface area contributed by atoms with Crippen LogP contribution in [0, 0.1) is 12.8 Å². The maximum absolute atomic E-state index is 13.3. The van der Waals surface area contributed by atoms with Gasteiger partial charge in [-0.3, -0.25) is 14.9 Å². The van der Waals surface area contributed by atoms with Crippen molar-refractivity contribution in [1.29, 1.82) is 0 Å². The van der Waals surface area contributed by atoms with Crippen molar-refractivity contribution in [1.82, 2.24) is 5.32 Å². The predicted octanol–water partition coefficient (Wildman–Crippen LogP) is 7.61. The molecule has 1 N–H and O–H groups in total. The highest BCUT2D eigenvalue weighted by molar-refractivity contribution is 8.18. The van der Waals surface area contributed by atoms with Crippen molar-refractivity contribution >= 4 is 34.6 Å². The normalized spacial score (nSPS) is 18.5. The summed E-state index contributed by atoms with van der Waals surface area (Å²) in [6.45, 7) is 10.4. The molecule has 1 aliphatic carbocycles. The lowest BCUT2D eigenvalue weighted by molar-refractivity contribution is -0.274. The topological polar surface area (TPSA) is 55.4 Å². The Kier molecular flexibility index (Phi) is 6.38. The van der Waals surface area contributed by atoms with Crippen molar-refractivity contribution < 1.29 is 27.5 Å². The fraction of sp³-hybridized carbons (Fsp3) is 0.333. The van der Waals surface area contributed by atoms with Gasteiger partial charge in [-0.2, -0.15) is 0 Å². The summed E-state index contributed by atoms with van der Waals surface area (Å²) in [6, 6.07) is 8.25. The number of hydrogen-bond acceptors (Lipinski definition) is 4. The number of benzene rings is 2. The fourth-order valence-electron chi connectivity index (χ4n) is 4.56. The summed E-state index contributed by atoms with van der Waals surface area (Å²) in [5.41, 5.74) is 5.43. The summed E-state index contributed by atoms with van der Waals surface area (Å²) >= 11 is 0.752. The monoisotopic (exact) mass is 501 g/mol. The molecule has 2 aromatic carbocycles. The SMILES string of the molecule is Cc1cc2c(cc1-c1cc(C=C3SC(=O)NC3=O)ccc1OC(F)(F)F)C(C(C)C)=CCC2(C)C. The second kappa shape index (κ2) is 8.90. The second-order valence-electron chi connectivity index (χ2n) is 9.77. The lowest BCUT2D eigenvalue weighted by Gasteiger charge is -2.34. The molecule has 0 atom stereocenters. The standard InChI is InChI=1S/C27H26F3NO3S/c1-14(2)17-8-9-26(4,5)21-10-15(3)18(13-19(17)21)20-11-16(6-7-22(20)34-27(28,29)30)12-23-24(32)31-25(33)35-23/h6-8,10-14H,9H2,1-5H3,(H,31,32,33). The van der Waals surface area contributed by atoms with Gasteiger partial charge in [-0.25, -0.2) is 0 Å². The van der Waals surface area contributed by atoms with Gasteiger partial charge in [0.25, 0.3) is 11.1 Å². The van der Waals surface area contributed by atoms with Crippen LogP contribution in [0.3, 0.4) is 0 Å². The first kappa shape index (κ1) is 25.1. The van der Waals surface area contributed by atoms with E-state index >= 15 is 0 Å². The number of allylic oxidation sites excluding steroid dienone is 2. The van der Waals surface area contributed by atoms with E-state index in [9.17, 15) is 22.8 Å². The average molecular weight is 502 g/mol. The highest BCUT2D eigenvalue weighted by atomic mass is 32.2. The van der Waals surface area contributed by atoms with E-state index < -0.39 is 17.5 Å². The first-order valence-corrected chi connectivity index (χ1v) is 12.1. The molecule has 0 aromatic heterocycles. The van der Waals surface area contributed by atoms with Gasteiger partial charge in [0.15, 0.2) is 0 Å². The van der Waals surface area contributed by atoms with Gasteiger partial charge in [-0.1, -0.05) is 45.9 Å². The van der Waals surface area contributed by atoms with Crippen LogP contribution in [0.4, 0.5) is 18.0 Å².